The third-order valence-electron chi connectivity index (χ3n) is 3.36. The number of carbonyl (C=O) groups excluding carboxylic acids is 1. The van der Waals surface area contributed by atoms with Gasteiger partial charge >= 0.3 is 0 Å². The maximum Gasteiger partial charge on any atom is 0.277 e. The third kappa shape index (κ3) is 3.53. The fourth-order valence-electron chi connectivity index (χ4n) is 2.02. The number of aromatic amines is 1. The molecule has 112 valence electrons. The quantitative estimate of drug-likeness (QED) is 0.842. The van der Waals surface area contributed by atoms with Crippen LogP contribution in [0.4, 0.5) is 5.69 Å². The maximum atomic E-state index is 12.3. The summed E-state index contributed by atoms with van der Waals surface area (Å²) in [6, 6.07) is 7.88. The van der Waals surface area contributed by atoms with Gasteiger partial charge in [0.1, 0.15) is 0 Å². The Labute approximate surface area is 133 Å². The van der Waals surface area contributed by atoms with E-state index in [-0.39, 0.29) is 11.8 Å². The van der Waals surface area contributed by atoms with Gasteiger partial charge < -0.3 is 5.32 Å². The first-order chi connectivity index (χ1) is 9.90. The fourth-order valence-corrected chi connectivity index (χ4v) is 2.83. The summed E-state index contributed by atoms with van der Waals surface area (Å²) in [6.45, 7) is 8.37. The summed E-state index contributed by atoms with van der Waals surface area (Å²) in [5, 5.41) is 9.87. The van der Waals surface area contributed by atoms with E-state index >= 15 is 0 Å². The van der Waals surface area contributed by atoms with Crippen LogP contribution in [0.2, 0.25) is 0 Å². The molecule has 5 heteroatoms. The van der Waals surface area contributed by atoms with E-state index in [9.17, 15) is 4.79 Å². The van der Waals surface area contributed by atoms with Gasteiger partial charge in [0.25, 0.3) is 5.91 Å². The number of hydrogen-bond donors (Lipinski definition) is 2. The van der Waals surface area contributed by atoms with Gasteiger partial charge in [-0.25, -0.2) is 0 Å². The Morgan fingerprint density at radius 1 is 1.14 bits per heavy atom. The lowest BCUT2D eigenvalue weighted by Crippen LogP contribution is -2.13. The lowest BCUT2D eigenvalue weighted by Gasteiger charge is -2.08. The van der Waals surface area contributed by atoms with E-state index in [0.29, 0.717) is 11.6 Å². The van der Waals surface area contributed by atoms with Gasteiger partial charge in [0, 0.05) is 5.69 Å². The Balaban J connectivity index is 2.14. The number of benzene rings is 1. The number of rotatable bonds is 4. The molecular formula is C16H20BrN3O. The number of aromatic nitrogens is 2. The summed E-state index contributed by atoms with van der Waals surface area (Å²) >= 11 is 3.44. The predicted octanol–water partition coefficient (Wildman–Crippen LogP) is 4.67. The maximum absolute atomic E-state index is 12.3. The van der Waals surface area contributed by atoms with E-state index in [1.165, 1.54) is 5.56 Å². The molecule has 0 aliphatic rings. The summed E-state index contributed by atoms with van der Waals surface area (Å²) in [5.74, 6) is 0.532. The molecule has 4 nitrogen and oxygen atoms in total. The van der Waals surface area contributed by atoms with Gasteiger partial charge in [0.2, 0.25) is 0 Å². The van der Waals surface area contributed by atoms with Crippen LogP contribution in [0.3, 0.4) is 0 Å². The smallest absolute Gasteiger partial charge is 0.277 e. The molecule has 2 aromatic rings. The molecular weight excluding hydrogens is 330 g/mol. The van der Waals surface area contributed by atoms with Crippen LogP contribution in [-0.4, -0.2) is 16.1 Å². The van der Waals surface area contributed by atoms with Gasteiger partial charge in [-0.05, 0) is 45.5 Å². The van der Waals surface area contributed by atoms with E-state index < -0.39 is 0 Å². The molecule has 0 unspecified atom stereocenters. The summed E-state index contributed by atoms with van der Waals surface area (Å²) < 4.78 is 0.730. The molecule has 0 aliphatic carbocycles. The number of carbonyl (C=O) groups is 1. The van der Waals surface area contributed by atoms with Crippen molar-refractivity contribution in [2.24, 2.45) is 0 Å². The van der Waals surface area contributed by atoms with E-state index in [1.54, 1.807) is 0 Å². The van der Waals surface area contributed by atoms with E-state index in [2.05, 4.69) is 45.3 Å². The van der Waals surface area contributed by atoms with Crippen molar-refractivity contribution in [1.29, 1.82) is 0 Å². The minimum Gasteiger partial charge on any atom is -0.321 e. The summed E-state index contributed by atoms with van der Waals surface area (Å²) in [4.78, 5) is 12.3. The molecule has 1 aromatic carbocycles. The number of amides is 1. The SMILES string of the molecule is CC(C)c1ccc(NC(=O)c2n[nH]c(C(C)C)c2Br)cc1. The predicted molar refractivity (Wildman–Crippen MR) is 88.9 cm³/mol. The van der Waals surface area contributed by atoms with Crippen molar-refractivity contribution in [3.63, 3.8) is 0 Å². The summed E-state index contributed by atoms with van der Waals surface area (Å²) in [7, 11) is 0. The zero-order chi connectivity index (χ0) is 15.6. The van der Waals surface area contributed by atoms with Crippen LogP contribution in [0.25, 0.3) is 0 Å². The number of nitrogens with one attached hydrogen (secondary N) is 2. The zero-order valence-corrected chi connectivity index (χ0v) is 14.3. The Bertz CT molecular complexity index is 629. The monoisotopic (exact) mass is 349 g/mol. The molecule has 0 spiro atoms. The first-order valence-corrected chi connectivity index (χ1v) is 7.84. The zero-order valence-electron chi connectivity index (χ0n) is 12.7. The van der Waals surface area contributed by atoms with Gasteiger partial charge in [0.15, 0.2) is 5.69 Å². The highest BCUT2D eigenvalue weighted by molar-refractivity contribution is 9.10. The van der Waals surface area contributed by atoms with Crippen molar-refractivity contribution in [2.75, 3.05) is 5.32 Å². The van der Waals surface area contributed by atoms with Crippen LogP contribution in [-0.2, 0) is 0 Å². The summed E-state index contributed by atoms with van der Waals surface area (Å²) in [6.07, 6.45) is 0. The lowest BCUT2D eigenvalue weighted by atomic mass is 10.0. The molecule has 0 atom stereocenters. The van der Waals surface area contributed by atoms with Gasteiger partial charge in [-0.3, -0.25) is 9.89 Å². The third-order valence-corrected chi connectivity index (χ3v) is 4.16. The molecule has 21 heavy (non-hydrogen) atoms. The molecule has 1 aromatic heterocycles. The van der Waals surface area contributed by atoms with Crippen molar-refractivity contribution >= 4 is 27.5 Å². The van der Waals surface area contributed by atoms with Crippen LogP contribution in [0.5, 0.6) is 0 Å². The topological polar surface area (TPSA) is 57.8 Å². The molecule has 0 fully saturated rings. The minimum absolute atomic E-state index is 0.220. The molecule has 1 heterocycles. The van der Waals surface area contributed by atoms with Crippen molar-refractivity contribution in [1.82, 2.24) is 10.2 Å². The van der Waals surface area contributed by atoms with Crippen LogP contribution < -0.4 is 5.32 Å². The highest BCUT2D eigenvalue weighted by Crippen LogP contribution is 2.26. The number of halogens is 1. The molecule has 1 amide bonds. The molecule has 0 saturated heterocycles. The number of H-pyrrole nitrogens is 1. The number of hydrogen-bond acceptors (Lipinski definition) is 2. The van der Waals surface area contributed by atoms with Gasteiger partial charge in [0.05, 0.1) is 10.2 Å². The first kappa shape index (κ1) is 15.8. The van der Waals surface area contributed by atoms with Gasteiger partial charge in [-0.1, -0.05) is 39.8 Å². The lowest BCUT2D eigenvalue weighted by molar-refractivity contribution is 0.102. The molecule has 0 saturated carbocycles. The van der Waals surface area contributed by atoms with Gasteiger partial charge in [-0.15, -0.1) is 0 Å². The number of anilines is 1. The second kappa shape index (κ2) is 6.43. The van der Waals surface area contributed by atoms with E-state index in [1.807, 2.05) is 38.1 Å². The molecule has 2 N–H and O–H groups in total. The Hall–Kier alpha value is -1.62. The van der Waals surface area contributed by atoms with Crippen LogP contribution in [0, 0.1) is 0 Å². The normalized spacial score (nSPS) is 11.2. The Kier molecular flexibility index (Phi) is 4.83. The van der Waals surface area contributed by atoms with E-state index in [0.717, 1.165) is 15.9 Å². The van der Waals surface area contributed by atoms with Gasteiger partial charge in [-0.2, -0.15) is 5.10 Å². The highest BCUT2D eigenvalue weighted by Gasteiger charge is 2.19. The first-order valence-electron chi connectivity index (χ1n) is 7.05. The molecule has 0 aliphatic heterocycles. The largest absolute Gasteiger partial charge is 0.321 e. The Morgan fingerprint density at radius 3 is 2.24 bits per heavy atom. The second-order valence-electron chi connectivity index (χ2n) is 5.69. The Morgan fingerprint density at radius 2 is 1.76 bits per heavy atom. The van der Waals surface area contributed by atoms with Crippen molar-refractivity contribution < 1.29 is 4.79 Å². The van der Waals surface area contributed by atoms with Crippen LogP contribution in [0.1, 0.15) is 61.3 Å². The second-order valence-corrected chi connectivity index (χ2v) is 6.48. The molecule has 0 bridgehead atoms. The summed E-state index contributed by atoms with van der Waals surface area (Å²) in [5.41, 5.74) is 3.32. The van der Waals surface area contributed by atoms with Crippen molar-refractivity contribution in [2.45, 2.75) is 39.5 Å². The minimum atomic E-state index is -0.220. The highest BCUT2D eigenvalue weighted by atomic mass is 79.9. The fraction of sp³-hybridized carbons (Fsp3) is 0.375. The van der Waals surface area contributed by atoms with Crippen molar-refractivity contribution in [3.05, 3.63) is 45.7 Å². The average Bonchev–Trinajstić information content (AvgIpc) is 2.81. The molecule has 0 radical (unpaired) electrons. The van der Waals surface area contributed by atoms with Crippen molar-refractivity contribution in [3.8, 4) is 0 Å². The number of nitrogens with zero attached hydrogens (tertiary/aromatic N) is 1. The van der Waals surface area contributed by atoms with Crippen LogP contribution >= 0.6 is 15.9 Å². The molecule has 2 rings (SSSR count). The average molecular weight is 350 g/mol. The van der Waals surface area contributed by atoms with Crippen LogP contribution in [0.15, 0.2) is 28.7 Å². The standard InChI is InChI=1S/C16H20BrN3O/c1-9(2)11-5-7-12(8-6-11)18-16(21)15-13(17)14(10(3)4)19-20-15/h5-10H,1-4H3,(H,18,21)(H,19,20). The van der Waals surface area contributed by atoms with E-state index in [4.69, 9.17) is 0 Å².